The zero-order valence-corrected chi connectivity index (χ0v) is 18.8. The fraction of sp³-hybridized carbons (Fsp3) is 0.696. The van der Waals surface area contributed by atoms with Crippen LogP contribution in [0.25, 0.3) is 0 Å². The summed E-state index contributed by atoms with van der Waals surface area (Å²) in [4.78, 5) is 29.5. The van der Waals surface area contributed by atoms with Crippen molar-refractivity contribution in [2.24, 2.45) is 23.2 Å². The molecule has 1 saturated carbocycles. The van der Waals surface area contributed by atoms with Crippen molar-refractivity contribution in [2.75, 3.05) is 6.54 Å². The van der Waals surface area contributed by atoms with E-state index in [2.05, 4.69) is 27.8 Å². The number of nitrogens with zero attached hydrogens (tertiary/aromatic N) is 1. The van der Waals surface area contributed by atoms with Crippen LogP contribution in [0.15, 0.2) is 23.7 Å². The summed E-state index contributed by atoms with van der Waals surface area (Å²) in [5, 5.41) is 9.45. The van der Waals surface area contributed by atoms with Gasteiger partial charge in [0.25, 0.3) is 0 Å². The number of hydrogen-bond donors (Lipinski definition) is 2. The van der Waals surface area contributed by atoms with Gasteiger partial charge in [0.05, 0.1) is 6.04 Å². The van der Waals surface area contributed by atoms with Gasteiger partial charge in [0, 0.05) is 29.5 Å². The van der Waals surface area contributed by atoms with Crippen molar-refractivity contribution in [2.45, 2.75) is 71.8 Å². The van der Waals surface area contributed by atoms with Crippen LogP contribution in [-0.4, -0.2) is 23.3 Å². The summed E-state index contributed by atoms with van der Waals surface area (Å²) in [6.07, 6.45) is 13.3. The fourth-order valence-electron chi connectivity index (χ4n) is 4.27. The van der Waals surface area contributed by atoms with Crippen molar-refractivity contribution in [3.05, 3.63) is 28.7 Å². The summed E-state index contributed by atoms with van der Waals surface area (Å²) in [6.45, 7) is 6.62. The predicted octanol–water partition coefficient (Wildman–Crippen LogP) is 4.63. The van der Waals surface area contributed by atoms with E-state index in [0.29, 0.717) is 11.8 Å². The Morgan fingerprint density at radius 1 is 1.17 bits per heavy atom. The number of hydrogen-bond acceptors (Lipinski definition) is 4. The van der Waals surface area contributed by atoms with Gasteiger partial charge in [-0.05, 0) is 56.8 Å². The number of carbonyl (C=O) groups is 2. The molecule has 1 fully saturated rings. The number of allylic oxidation sites excluding steroid dienone is 2. The number of thiazole rings is 1. The Morgan fingerprint density at radius 3 is 2.52 bits per heavy atom. The molecular weight excluding hydrogens is 382 g/mol. The summed E-state index contributed by atoms with van der Waals surface area (Å²) < 4.78 is 0. The highest BCUT2D eigenvalue weighted by molar-refractivity contribution is 7.09. The van der Waals surface area contributed by atoms with Gasteiger partial charge in [0.2, 0.25) is 11.8 Å². The third-order valence-electron chi connectivity index (χ3n) is 6.25. The van der Waals surface area contributed by atoms with Crippen LogP contribution in [0.2, 0.25) is 0 Å². The average Bonchev–Trinajstić information content (AvgIpc) is 3.25. The normalized spacial score (nSPS) is 26.0. The van der Waals surface area contributed by atoms with Crippen LogP contribution >= 0.6 is 11.3 Å². The molecule has 0 saturated heterocycles. The third kappa shape index (κ3) is 6.14. The maximum absolute atomic E-state index is 12.6. The van der Waals surface area contributed by atoms with Gasteiger partial charge < -0.3 is 10.6 Å². The first kappa shape index (κ1) is 22.0. The van der Waals surface area contributed by atoms with E-state index in [1.165, 1.54) is 0 Å². The molecule has 2 amide bonds. The van der Waals surface area contributed by atoms with Crippen LogP contribution in [0.3, 0.4) is 0 Å². The van der Waals surface area contributed by atoms with E-state index in [-0.39, 0.29) is 23.8 Å². The van der Waals surface area contributed by atoms with Crippen molar-refractivity contribution in [3.63, 3.8) is 0 Å². The van der Waals surface area contributed by atoms with Gasteiger partial charge in [-0.25, -0.2) is 4.98 Å². The standard InChI is InChI=1S/C23H35N3O2S/c1-23(2,3)22(28)26-19(21-24-13-14-29-21)17-11-9-16(10-12-17)15-25-20(27)18-7-5-4-6-8-18/h4-5,13-14,16-19H,6-12,15H2,1-3H3,(H,25,27)(H,26,28)/t16?,17?,18-,19+/m1/s1. The van der Waals surface area contributed by atoms with E-state index in [9.17, 15) is 9.59 Å². The molecule has 0 spiro atoms. The largest absolute Gasteiger partial charge is 0.356 e. The molecule has 0 aliphatic heterocycles. The molecule has 0 radical (unpaired) electrons. The molecule has 5 nitrogen and oxygen atoms in total. The Labute approximate surface area is 178 Å². The van der Waals surface area contributed by atoms with Crippen molar-refractivity contribution in [3.8, 4) is 0 Å². The molecule has 2 N–H and O–H groups in total. The zero-order chi connectivity index (χ0) is 20.9. The summed E-state index contributed by atoms with van der Waals surface area (Å²) >= 11 is 1.62. The Bertz CT molecular complexity index is 700. The Balaban J connectivity index is 1.51. The van der Waals surface area contributed by atoms with E-state index in [1.807, 2.05) is 32.3 Å². The second-order valence-corrected chi connectivity index (χ2v) is 10.5. The molecule has 2 aliphatic carbocycles. The summed E-state index contributed by atoms with van der Waals surface area (Å²) in [5.41, 5.74) is -0.411. The number of amides is 2. The summed E-state index contributed by atoms with van der Waals surface area (Å²) in [5.74, 6) is 1.38. The smallest absolute Gasteiger partial charge is 0.225 e. The summed E-state index contributed by atoms with van der Waals surface area (Å²) in [6, 6.07) is -0.00806. The molecular formula is C23H35N3O2S. The molecule has 160 valence electrons. The van der Waals surface area contributed by atoms with Gasteiger partial charge in [0.15, 0.2) is 0 Å². The zero-order valence-electron chi connectivity index (χ0n) is 17.9. The van der Waals surface area contributed by atoms with Crippen LogP contribution in [-0.2, 0) is 9.59 Å². The van der Waals surface area contributed by atoms with Gasteiger partial charge >= 0.3 is 0 Å². The molecule has 0 unspecified atom stereocenters. The maximum atomic E-state index is 12.6. The molecule has 0 aromatic carbocycles. The number of rotatable bonds is 6. The SMILES string of the molecule is CC(C)(C)C(=O)N[C@H](c1nccs1)C1CCC(CNC(=O)[C@@H]2CC=CCC2)CC1. The average molecular weight is 418 g/mol. The molecule has 1 aromatic heterocycles. The number of nitrogens with one attached hydrogen (secondary N) is 2. The molecule has 1 heterocycles. The first-order valence-electron chi connectivity index (χ1n) is 11.0. The van der Waals surface area contributed by atoms with E-state index in [4.69, 9.17) is 0 Å². The lowest BCUT2D eigenvalue weighted by Crippen LogP contribution is -2.41. The molecule has 2 atom stereocenters. The highest BCUT2D eigenvalue weighted by Gasteiger charge is 2.33. The summed E-state index contributed by atoms with van der Waals surface area (Å²) in [7, 11) is 0. The lowest BCUT2D eigenvalue weighted by molar-refractivity contribution is -0.130. The Kier molecular flexibility index (Phi) is 7.49. The fourth-order valence-corrected chi connectivity index (χ4v) is 5.05. The Morgan fingerprint density at radius 2 is 1.93 bits per heavy atom. The highest BCUT2D eigenvalue weighted by atomic mass is 32.1. The van der Waals surface area contributed by atoms with E-state index in [1.54, 1.807) is 11.3 Å². The van der Waals surface area contributed by atoms with Crippen LogP contribution in [0.1, 0.15) is 76.8 Å². The molecule has 0 bridgehead atoms. The van der Waals surface area contributed by atoms with Crippen LogP contribution in [0.5, 0.6) is 0 Å². The topological polar surface area (TPSA) is 71.1 Å². The van der Waals surface area contributed by atoms with Gasteiger partial charge in [-0.1, -0.05) is 32.9 Å². The van der Waals surface area contributed by atoms with E-state index < -0.39 is 5.41 Å². The maximum Gasteiger partial charge on any atom is 0.225 e. The second kappa shape index (κ2) is 9.88. The van der Waals surface area contributed by atoms with Crippen molar-refractivity contribution in [1.82, 2.24) is 15.6 Å². The minimum atomic E-state index is -0.411. The van der Waals surface area contributed by atoms with Gasteiger partial charge in [-0.2, -0.15) is 0 Å². The van der Waals surface area contributed by atoms with Gasteiger partial charge in [-0.15, -0.1) is 11.3 Å². The lowest BCUT2D eigenvalue weighted by atomic mass is 9.78. The van der Waals surface area contributed by atoms with E-state index >= 15 is 0 Å². The first-order valence-corrected chi connectivity index (χ1v) is 11.9. The Hall–Kier alpha value is -1.69. The van der Waals surface area contributed by atoms with Crippen molar-refractivity contribution in [1.29, 1.82) is 0 Å². The first-order chi connectivity index (χ1) is 13.8. The predicted molar refractivity (Wildman–Crippen MR) is 117 cm³/mol. The number of carbonyl (C=O) groups excluding carboxylic acids is 2. The molecule has 1 aromatic rings. The van der Waals surface area contributed by atoms with Crippen LogP contribution in [0.4, 0.5) is 0 Å². The number of aromatic nitrogens is 1. The van der Waals surface area contributed by atoms with Gasteiger partial charge in [0.1, 0.15) is 5.01 Å². The highest BCUT2D eigenvalue weighted by Crippen LogP contribution is 2.38. The molecule has 2 aliphatic rings. The van der Waals surface area contributed by atoms with Crippen molar-refractivity contribution < 1.29 is 9.59 Å². The molecule has 6 heteroatoms. The monoisotopic (exact) mass is 417 g/mol. The van der Waals surface area contributed by atoms with Crippen molar-refractivity contribution >= 4 is 23.2 Å². The molecule has 29 heavy (non-hydrogen) atoms. The molecule has 3 rings (SSSR count). The quantitative estimate of drug-likeness (QED) is 0.663. The second-order valence-electron chi connectivity index (χ2n) is 9.58. The lowest BCUT2D eigenvalue weighted by Gasteiger charge is -2.35. The van der Waals surface area contributed by atoms with Crippen LogP contribution in [0, 0.1) is 23.2 Å². The van der Waals surface area contributed by atoms with Gasteiger partial charge in [-0.3, -0.25) is 9.59 Å². The minimum absolute atomic E-state index is 0.00806. The third-order valence-corrected chi connectivity index (χ3v) is 7.11. The van der Waals surface area contributed by atoms with Crippen LogP contribution < -0.4 is 10.6 Å². The minimum Gasteiger partial charge on any atom is -0.356 e. The van der Waals surface area contributed by atoms with E-state index in [0.717, 1.165) is 56.5 Å².